The number of rotatable bonds is 3. The summed E-state index contributed by atoms with van der Waals surface area (Å²) in [6, 6.07) is 12.8. The quantitative estimate of drug-likeness (QED) is 0.852. The van der Waals surface area contributed by atoms with E-state index in [1.807, 2.05) is 6.92 Å². The molecule has 1 aromatic carbocycles. The smallest absolute Gasteiger partial charge is 0.0349 e. The topological polar surface area (TPSA) is 26.0 Å². The van der Waals surface area contributed by atoms with Gasteiger partial charge in [0.05, 0.1) is 0 Å². The van der Waals surface area contributed by atoms with E-state index in [9.17, 15) is 0 Å². The van der Waals surface area contributed by atoms with E-state index in [4.69, 9.17) is 5.73 Å². The van der Waals surface area contributed by atoms with Crippen LogP contribution in [0.1, 0.15) is 18.7 Å². The Morgan fingerprint density at radius 1 is 1.22 bits per heavy atom. The zero-order valence-corrected chi connectivity index (χ0v) is 12.9. The normalized spacial score (nSPS) is 13.7. The maximum Gasteiger partial charge on any atom is 0.0349 e. The molecule has 18 heavy (non-hydrogen) atoms. The summed E-state index contributed by atoms with van der Waals surface area (Å²) in [5, 5.41) is 0. The van der Waals surface area contributed by atoms with Crippen LogP contribution in [0, 0.1) is 0 Å². The molecule has 0 saturated heterocycles. The summed E-state index contributed by atoms with van der Waals surface area (Å²) in [6.45, 7) is 4.08. The molecule has 2 N–H and O–H groups in total. The molecule has 2 aromatic rings. The second kappa shape index (κ2) is 5.83. The van der Waals surface area contributed by atoms with Gasteiger partial charge in [-0.1, -0.05) is 33.6 Å². The number of thiophene rings is 1. The van der Waals surface area contributed by atoms with Crippen LogP contribution in [0.15, 0.2) is 46.4 Å². The molecule has 0 spiro atoms. The maximum atomic E-state index is 5.85. The van der Waals surface area contributed by atoms with Gasteiger partial charge < -0.3 is 5.73 Å². The molecule has 1 aromatic heterocycles. The SMILES string of the molecule is C/C(=C\c1ccc(-c2ccc(Br)cc2)s1)C(C)N. The Morgan fingerprint density at radius 3 is 2.50 bits per heavy atom. The Labute approximate surface area is 120 Å². The largest absolute Gasteiger partial charge is 0.324 e. The molecule has 1 unspecified atom stereocenters. The van der Waals surface area contributed by atoms with Gasteiger partial charge in [0.1, 0.15) is 0 Å². The van der Waals surface area contributed by atoms with E-state index in [-0.39, 0.29) is 6.04 Å². The molecule has 0 bridgehead atoms. The molecule has 1 atom stereocenters. The molecule has 0 aliphatic rings. The lowest BCUT2D eigenvalue weighted by molar-refractivity contribution is 0.868. The van der Waals surface area contributed by atoms with Crippen molar-refractivity contribution in [1.82, 2.24) is 0 Å². The van der Waals surface area contributed by atoms with Crippen LogP contribution in [-0.2, 0) is 0 Å². The Bertz CT molecular complexity index is 552. The summed E-state index contributed by atoms with van der Waals surface area (Å²) in [5.41, 5.74) is 8.31. The molecular weight excluding hydrogens is 306 g/mol. The molecule has 0 radical (unpaired) electrons. The predicted molar refractivity (Wildman–Crippen MR) is 84.8 cm³/mol. The van der Waals surface area contributed by atoms with Gasteiger partial charge in [-0.3, -0.25) is 0 Å². The summed E-state index contributed by atoms with van der Waals surface area (Å²) in [5.74, 6) is 0. The first kappa shape index (κ1) is 13.5. The third kappa shape index (κ3) is 3.31. The van der Waals surface area contributed by atoms with E-state index in [0.29, 0.717) is 0 Å². The van der Waals surface area contributed by atoms with Crippen LogP contribution in [0.2, 0.25) is 0 Å². The van der Waals surface area contributed by atoms with Crippen molar-refractivity contribution in [3.8, 4) is 10.4 Å². The number of hydrogen-bond acceptors (Lipinski definition) is 2. The fraction of sp³-hybridized carbons (Fsp3) is 0.200. The van der Waals surface area contributed by atoms with Gasteiger partial charge in [-0.05, 0) is 49.8 Å². The fourth-order valence-electron chi connectivity index (χ4n) is 1.56. The average Bonchev–Trinajstić information content (AvgIpc) is 2.78. The lowest BCUT2D eigenvalue weighted by Gasteiger charge is -2.03. The van der Waals surface area contributed by atoms with Gasteiger partial charge in [0.25, 0.3) is 0 Å². The maximum absolute atomic E-state index is 5.85. The predicted octanol–water partition coefficient (Wildman–Crippen LogP) is 4.93. The van der Waals surface area contributed by atoms with E-state index < -0.39 is 0 Å². The zero-order chi connectivity index (χ0) is 13.1. The lowest BCUT2D eigenvalue weighted by Crippen LogP contribution is -2.15. The van der Waals surface area contributed by atoms with Crippen molar-refractivity contribution in [2.75, 3.05) is 0 Å². The highest BCUT2D eigenvalue weighted by molar-refractivity contribution is 9.10. The number of halogens is 1. The van der Waals surface area contributed by atoms with Crippen molar-refractivity contribution in [3.63, 3.8) is 0 Å². The van der Waals surface area contributed by atoms with Gasteiger partial charge in [0.15, 0.2) is 0 Å². The summed E-state index contributed by atoms with van der Waals surface area (Å²) >= 11 is 5.24. The standard InChI is InChI=1S/C15H16BrNS/c1-10(11(2)17)9-14-7-8-15(18-14)12-3-5-13(16)6-4-12/h3-9,11H,17H2,1-2H3/b10-9+. The van der Waals surface area contributed by atoms with Crippen molar-refractivity contribution < 1.29 is 0 Å². The zero-order valence-electron chi connectivity index (χ0n) is 10.5. The minimum Gasteiger partial charge on any atom is -0.324 e. The third-order valence-corrected chi connectivity index (χ3v) is 4.45. The van der Waals surface area contributed by atoms with Crippen molar-refractivity contribution >= 4 is 33.3 Å². The van der Waals surface area contributed by atoms with Crippen LogP contribution in [0.25, 0.3) is 16.5 Å². The summed E-state index contributed by atoms with van der Waals surface area (Å²) in [4.78, 5) is 2.54. The first-order valence-corrected chi connectivity index (χ1v) is 7.47. The van der Waals surface area contributed by atoms with E-state index >= 15 is 0 Å². The van der Waals surface area contributed by atoms with E-state index in [2.05, 4.69) is 65.3 Å². The van der Waals surface area contributed by atoms with Gasteiger partial charge in [0.2, 0.25) is 0 Å². The van der Waals surface area contributed by atoms with Gasteiger partial charge in [0, 0.05) is 20.3 Å². The molecular formula is C15H16BrNS. The van der Waals surface area contributed by atoms with Gasteiger partial charge in [-0.15, -0.1) is 11.3 Å². The van der Waals surface area contributed by atoms with Crippen LogP contribution in [0.3, 0.4) is 0 Å². The Hall–Kier alpha value is -0.900. The molecule has 0 amide bonds. The summed E-state index contributed by atoms with van der Waals surface area (Å²) in [7, 11) is 0. The highest BCUT2D eigenvalue weighted by Gasteiger charge is 2.03. The van der Waals surface area contributed by atoms with Gasteiger partial charge in [-0.25, -0.2) is 0 Å². The molecule has 94 valence electrons. The van der Waals surface area contributed by atoms with Crippen LogP contribution in [-0.4, -0.2) is 6.04 Å². The fourth-order valence-corrected chi connectivity index (χ4v) is 2.84. The second-order valence-electron chi connectivity index (χ2n) is 4.39. The van der Waals surface area contributed by atoms with Crippen molar-refractivity contribution in [2.24, 2.45) is 5.73 Å². The van der Waals surface area contributed by atoms with Crippen LogP contribution < -0.4 is 5.73 Å². The Balaban J connectivity index is 2.25. The summed E-state index contributed by atoms with van der Waals surface area (Å²) in [6.07, 6.45) is 2.16. The van der Waals surface area contributed by atoms with Crippen LogP contribution in [0.5, 0.6) is 0 Å². The monoisotopic (exact) mass is 321 g/mol. The molecule has 1 nitrogen and oxygen atoms in total. The number of benzene rings is 1. The first-order chi connectivity index (χ1) is 8.56. The molecule has 3 heteroatoms. The van der Waals surface area contributed by atoms with E-state index in [0.717, 1.165) is 4.47 Å². The van der Waals surface area contributed by atoms with Crippen LogP contribution in [0.4, 0.5) is 0 Å². The number of hydrogen-bond donors (Lipinski definition) is 1. The average molecular weight is 322 g/mol. The minimum absolute atomic E-state index is 0.114. The molecule has 0 fully saturated rings. The lowest BCUT2D eigenvalue weighted by atomic mass is 10.1. The summed E-state index contributed by atoms with van der Waals surface area (Å²) < 4.78 is 1.11. The molecule has 0 aliphatic heterocycles. The Kier molecular flexibility index (Phi) is 4.38. The van der Waals surface area contributed by atoms with E-state index in [1.54, 1.807) is 11.3 Å². The second-order valence-corrected chi connectivity index (χ2v) is 6.42. The Morgan fingerprint density at radius 2 is 1.89 bits per heavy atom. The van der Waals surface area contributed by atoms with Gasteiger partial charge in [-0.2, -0.15) is 0 Å². The highest BCUT2D eigenvalue weighted by atomic mass is 79.9. The minimum atomic E-state index is 0.114. The van der Waals surface area contributed by atoms with Gasteiger partial charge >= 0.3 is 0 Å². The molecule has 2 rings (SSSR count). The van der Waals surface area contributed by atoms with Crippen molar-refractivity contribution in [3.05, 3.63) is 51.3 Å². The van der Waals surface area contributed by atoms with E-state index in [1.165, 1.54) is 20.9 Å². The number of nitrogens with two attached hydrogens (primary N) is 1. The first-order valence-electron chi connectivity index (χ1n) is 5.86. The molecule has 1 heterocycles. The van der Waals surface area contributed by atoms with Crippen molar-refractivity contribution in [1.29, 1.82) is 0 Å². The third-order valence-electron chi connectivity index (χ3n) is 2.84. The van der Waals surface area contributed by atoms with Crippen LogP contribution >= 0.6 is 27.3 Å². The molecule has 0 saturated carbocycles. The molecule has 0 aliphatic carbocycles. The highest BCUT2D eigenvalue weighted by Crippen LogP contribution is 2.30. The van der Waals surface area contributed by atoms with Crippen molar-refractivity contribution in [2.45, 2.75) is 19.9 Å².